The lowest BCUT2D eigenvalue weighted by Gasteiger charge is -2.26. The van der Waals surface area contributed by atoms with Gasteiger partial charge in [0.05, 0.1) is 20.3 Å². The van der Waals surface area contributed by atoms with E-state index in [9.17, 15) is 13.2 Å². The number of methoxy groups -OCH3 is 2. The van der Waals surface area contributed by atoms with Crippen LogP contribution < -0.4 is 14.2 Å². The number of aryl methyl sites for hydroxylation is 1. The topological polar surface area (TPSA) is 147 Å². The molecule has 1 aliphatic rings. The number of nitrogens with one attached hydrogen (secondary N) is 1. The van der Waals surface area contributed by atoms with Crippen molar-refractivity contribution >= 4 is 21.8 Å². The van der Waals surface area contributed by atoms with E-state index in [0.29, 0.717) is 35.9 Å². The first-order valence-electron chi connectivity index (χ1n) is 12.7. The predicted molar refractivity (Wildman–Crippen MR) is 144 cm³/mol. The zero-order valence-corrected chi connectivity index (χ0v) is 23.7. The Kier molecular flexibility index (Phi) is 8.50. The molecular weight excluding hydrogens is 524 g/mol. The number of sulfonamides is 1. The van der Waals surface area contributed by atoms with Gasteiger partial charge in [-0.1, -0.05) is 6.07 Å². The molecule has 0 saturated heterocycles. The van der Waals surface area contributed by atoms with Gasteiger partial charge in [0.15, 0.2) is 5.82 Å². The van der Waals surface area contributed by atoms with Crippen LogP contribution >= 0.6 is 0 Å². The molecule has 1 saturated carbocycles. The molecule has 0 aliphatic heterocycles. The van der Waals surface area contributed by atoms with E-state index < -0.39 is 21.4 Å². The van der Waals surface area contributed by atoms with Crippen molar-refractivity contribution in [3.8, 4) is 17.2 Å². The number of hydrogen-bond donors (Lipinski definition) is 1. The SMILES string of the molecule is COc1cccc(OC)c1-n1c(NS(=O)(=O)[C@@H](C)[C@@H](OC(C)C)c2ncc(C)cn2)nnc1[C@@H]1CCC(=O)C1. The summed E-state index contributed by atoms with van der Waals surface area (Å²) < 4.78 is 48.9. The number of hydrogen-bond acceptors (Lipinski definition) is 10. The zero-order chi connectivity index (χ0) is 28.3. The van der Waals surface area contributed by atoms with Crippen LogP contribution in [0.4, 0.5) is 5.95 Å². The highest BCUT2D eigenvalue weighted by molar-refractivity contribution is 7.93. The van der Waals surface area contributed by atoms with Crippen LogP contribution in [0.15, 0.2) is 30.6 Å². The van der Waals surface area contributed by atoms with Gasteiger partial charge in [0.25, 0.3) is 0 Å². The van der Waals surface area contributed by atoms with E-state index >= 15 is 0 Å². The minimum Gasteiger partial charge on any atom is -0.494 e. The molecule has 0 bridgehead atoms. The molecule has 0 spiro atoms. The van der Waals surface area contributed by atoms with Crippen molar-refractivity contribution in [2.45, 2.75) is 70.3 Å². The molecule has 2 heterocycles. The number of para-hydroxylation sites is 1. The highest BCUT2D eigenvalue weighted by atomic mass is 32.2. The van der Waals surface area contributed by atoms with Gasteiger partial charge in [0.2, 0.25) is 16.0 Å². The number of aromatic nitrogens is 5. The molecular formula is C26H34N6O6S. The number of nitrogens with zero attached hydrogens (tertiary/aromatic N) is 5. The highest BCUT2D eigenvalue weighted by Crippen LogP contribution is 2.40. The first kappa shape index (κ1) is 28.4. The third-order valence-corrected chi connectivity index (χ3v) is 8.24. The van der Waals surface area contributed by atoms with Crippen molar-refractivity contribution in [1.82, 2.24) is 24.7 Å². The maximum absolute atomic E-state index is 13.8. The van der Waals surface area contributed by atoms with Crippen molar-refractivity contribution in [1.29, 1.82) is 0 Å². The molecule has 39 heavy (non-hydrogen) atoms. The second kappa shape index (κ2) is 11.7. The zero-order valence-electron chi connectivity index (χ0n) is 22.9. The Hall–Kier alpha value is -3.58. The lowest BCUT2D eigenvalue weighted by molar-refractivity contribution is -0.117. The van der Waals surface area contributed by atoms with Gasteiger partial charge in [0, 0.05) is 31.2 Å². The van der Waals surface area contributed by atoms with Gasteiger partial charge >= 0.3 is 0 Å². The van der Waals surface area contributed by atoms with Crippen molar-refractivity contribution in [3.05, 3.63) is 47.8 Å². The first-order chi connectivity index (χ1) is 18.6. The second-order valence-corrected chi connectivity index (χ2v) is 11.8. The van der Waals surface area contributed by atoms with Gasteiger partial charge in [-0.3, -0.25) is 14.1 Å². The number of anilines is 1. The molecule has 3 aromatic rings. The van der Waals surface area contributed by atoms with Crippen LogP contribution in [0.1, 0.15) is 69.3 Å². The van der Waals surface area contributed by atoms with Crippen molar-refractivity contribution in [2.24, 2.45) is 0 Å². The third-order valence-electron chi connectivity index (χ3n) is 6.55. The summed E-state index contributed by atoms with van der Waals surface area (Å²) in [6.45, 7) is 7.00. The summed E-state index contributed by atoms with van der Waals surface area (Å²) in [6, 6.07) is 5.21. The fraction of sp³-hybridized carbons (Fsp3) is 0.500. The maximum atomic E-state index is 13.8. The summed E-state index contributed by atoms with van der Waals surface area (Å²) in [5.41, 5.74) is 1.26. The van der Waals surface area contributed by atoms with E-state index in [2.05, 4.69) is 24.9 Å². The Balaban J connectivity index is 1.79. The summed E-state index contributed by atoms with van der Waals surface area (Å²) >= 11 is 0. The molecule has 1 fully saturated rings. The van der Waals surface area contributed by atoms with Crippen LogP contribution in [0.2, 0.25) is 0 Å². The second-order valence-electron chi connectivity index (χ2n) is 9.78. The molecule has 3 atom stereocenters. The average molecular weight is 559 g/mol. The standard InChI is InChI=1S/C26H34N6O6S/c1-15(2)38-23(24-27-13-16(3)14-28-24)17(4)39(34,35)31-26-30-29-25(18-10-11-19(33)12-18)32(26)22-20(36-5)8-7-9-21(22)37-6/h7-9,13-15,17-18,23H,10-12H2,1-6H3,(H,30,31)/t17-,18+,23+/m0/s1. The molecule has 0 radical (unpaired) electrons. The summed E-state index contributed by atoms with van der Waals surface area (Å²) in [5.74, 6) is 1.34. The quantitative estimate of drug-likeness (QED) is 0.371. The van der Waals surface area contributed by atoms with Gasteiger partial charge in [0.1, 0.15) is 40.1 Å². The molecule has 1 aromatic carbocycles. The summed E-state index contributed by atoms with van der Waals surface area (Å²) in [5, 5.41) is 7.44. The fourth-order valence-corrected chi connectivity index (χ4v) is 5.62. The monoisotopic (exact) mass is 558 g/mol. The van der Waals surface area contributed by atoms with Crippen molar-refractivity contribution in [3.63, 3.8) is 0 Å². The Bertz CT molecular complexity index is 1400. The van der Waals surface area contributed by atoms with Gasteiger partial charge < -0.3 is 14.2 Å². The number of ketones is 1. The molecule has 0 amide bonds. The van der Waals surface area contributed by atoms with Crippen LogP contribution in [-0.4, -0.2) is 64.5 Å². The van der Waals surface area contributed by atoms with Crippen LogP contribution in [0.3, 0.4) is 0 Å². The fourth-order valence-electron chi connectivity index (χ4n) is 4.54. The van der Waals surface area contributed by atoms with Crippen molar-refractivity contribution in [2.75, 3.05) is 18.9 Å². The molecule has 210 valence electrons. The first-order valence-corrected chi connectivity index (χ1v) is 14.2. The van der Waals surface area contributed by atoms with Crippen LogP contribution in [0, 0.1) is 6.92 Å². The van der Waals surface area contributed by atoms with Gasteiger partial charge in [-0.05, 0) is 51.8 Å². The maximum Gasteiger partial charge on any atom is 0.243 e. The number of carbonyl (C=O) groups excluding carboxylic acids is 1. The Labute approximate surface area is 228 Å². The smallest absolute Gasteiger partial charge is 0.243 e. The Morgan fingerprint density at radius 2 is 1.69 bits per heavy atom. The normalized spacial score (nSPS) is 17.3. The van der Waals surface area contributed by atoms with Crippen LogP contribution in [0.5, 0.6) is 11.5 Å². The molecule has 0 unspecified atom stereocenters. The number of benzene rings is 1. The average Bonchev–Trinajstić information content (AvgIpc) is 3.52. The van der Waals surface area contributed by atoms with Crippen LogP contribution in [-0.2, 0) is 19.6 Å². The van der Waals surface area contributed by atoms with E-state index in [1.54, 1.807) is 35.2 Å². The minimum atomic E-state index is -4.13. The Morgan fingerprint density at radius 3 is 2.23 bits per heavy atom. The summed E-state index contributed by atoms with van der Waals surface area (Å²) in [4.78, 5) is 20.8. The minimum absolute atomic E-state index is 0.0629. The number of Topliss-reactive ketones (excluding diaryl/α,β-unsaturated/α-hetero) is 1. The number of carbonyl (C=O) groups is 1. The van der Waals surface area contributed by atoms with Gasteiger partial charge in [-0.15, -0.1) is 10.2 Å². The van der Waals surface area contributed by atoms with E-state index in [4.69, 9.17) is 14.2 Å². The molecule has 4 rings (SSSR count). The number of rotatable bonds is 11. The highest BCUT2D eigenvalue weighted by Gasteiger charge is 2.37. The third kappa shape index (κ3) is 6.04. The van der Waals surface area contributed by atoms with E-state index in [-0.39, 0.29) is 36.0 Å². The molecule has 1 N–H and O–H groups in total. The lowest BCUT2D eigenvalue weighted by atomic mass is 10.1. The van der Waals surface area contributed by atoms with Gasteiger partial charge in [-0.2, -0.15) is 0 Å². The van der Waals surface area contributed by atoms with Gasteiger partial charge in [-0.25, -0.2) is 18.4 Å². The molecule has 1 aliphatic carbocycles. The lowest BCUT2D eigenvalue weighted by Crippen LogP contribution is -2.35. The molecule has 13 heteroatoms. The van der Waals surface area contributed by atoms with E-state index in [1.807, 2.05) is 20.8 Å². The van der Waals surface area contributed by atoms with E-state index in [0.717, 1.165) is 5.56 Å². The Morgan fingerprint density at radius 1 is 1.05 bits per heavy atom. The van der Waals surface area contributed by atoms with E-state index in [1.165, 1.54) is 21.1 Å². The largest absolute Gasteiger partial charge is 0.494 e. The van der Waals surface area contributed by atoms with Crippen LogP contribution in [0.25, 0.3) is 5.69 Å². The summed E-state index contributed by atoms with van der Waals surface area (Å²) in [7, 11) is -1.13. The molecule has 2 aromatic heterocycles. The van der Waals surface area contributed by atoms with Crippen molar-refractivity contribution < 1.29 is 27.4 Å². The number of ether oxygens (including phenoxy) is 3. The molecule has 12 nitrogen and oxygen atoms in total. The predicted octanol–water partition coefficient (Wildman–Crippen LogP) is 3.52. The summed E-state index contributed by atoms with van der Waals surface area (Å²) in [6.07, 6.45) is 3.28.